The van der Waals surface area contributed by atoms with E-state index in [-0.39, 0.29) is 24.0 Å². The number of nitro groups is 1. The van der Waals surface area contributed by atoms with Gasteiger partial charge in [0.15, 0.2) is 0 Å². The van der Waals surface area contributed by atoms with Crippen LogP contribution in [-0.4, -0.2) is 36.5 Å². The van der Waals surface area contributed by atoms with Gasteiger partial charge in [-0.3, -0.25) is 14.9 Å². The van der Waals surface area contributed by atoms with Crippen molar-refractivity contribution in [1.29, 1.82) is 0 Å². The number of nitro benzene ring substituents is 1. The minimum atomic E-state index is -0.454. The number of benzene rings is 1. The second-order valence-corrected chi connectivity index (χ2v) is 5.41. The molecule has 8 heteroatoms. The van der Waals surface area contributed by atoms with Gasteiger partial charge in [-0.15, -0.1) is 12.4 Å². The molecule has 2 rings (SSSR count). The average molecular weight is 343 g/mol. The van der Waals surface area contributed by atoms with Crippen LogP contribution < -0.4 is 16.0 Å². The molecule has 23 heavy (non-hydrogen) atoms. The fraction of sp³-hybridized carbons (Fsp3) is 0.533. The van der Waals surface area contributed by atoms with Crippen LogP contribution >= 0.6 is 12.4 Å². The van der Waals surface area contributed by atoms with Crippen LogP contribution in [0.2, 0.25) is 0 Å². The summed E-state index contributed by atoms with van der Waals surface area (Å²) in [6.45, 7) is 4.16. The maximum Gasteiger partial charge on any atom is 0.293 e. The van der Waals surface area contributed by atoms with Gasteiger partial charge in [0, 0.05) is 30.8 Å². The standard InChI is InChI=1S/C15H22N4O3.ClH/c1-2-7-16-8-9-17-15(20)11-3-6-13(18-12-4-5-12)14(10-11)19(21)22;/h3,6,10,12,16,18H,2,4-5,7-9H2,1H3,(H,17,20);1H. The van der Waals surface area contributed by atoms with Crippen molar-refractivity contribution in [2.75, 3.05) is 25.0 Å². The highest BCUT2D eigenvalue weighted by molar-refractivity contribution is 5.95. The van der Waals surface area contributed by atoms with Gasteiger partial charge in [-0.1, -0.05) is 6.92 Å². The van der Waals surface area contributed by atoms with Crippen molar-refractivity contribution >= 4 is 29.7 Å². The quantitative estimate of drug-likeness (QED) is 0.363. The summed E-state index contributed by atoms with van der Waals surface area (Å²) in [6, 6.07) is 4.88. The summed E-state index contributed by atoms with van der Waals surface area (Å²) in [5.74, 6) is -0.292. The number of nitrogens with zero attached hydrogens (tertiary/aromatic N) is 1. The maximum absolute atomic E-state index is 12.0. The Balaban J connectivity index is 0.00000264. The Morgan fingerprint density at radius 2 is 2.04 bits per heavy atom. The third-order valence-electron chi connectivity index (χ3n) is 3.41. The Morgan fingerprint density at radius 3 is 2.65 bits per heavy atom. The van der Waals surface area contributed by atoms with E-state index in [4.69, 9.17) is 0 Å². The van der Waals surface area contributed by atoms with E-state index in [2.05, 4.69) is 22.9 Å². The van der Waals surface area contributed by atoms with Gasteiger partial charge < -0.3 is 16.0 Å². The topological polar surface area (TPSA) is 96.3 Å². The van der Waals surface area contributed by atoms with E-state index in [1.165, 1.54) is 6.07 Å². The number of amides is 1. The second kappa shape index (κ2) is 9.32. The molecule has 0 saturated heterocycles. The predicted octanol–water partition coefficient (Wildman–Crippen LogP) is 2.32. The molecule has 0 unspecified atom stereocenters. The average Bonchev–Trinajstić information content (AvgIpc) is 3.31. The number of halogens is 1. The van der Waals surface area contributed by atoms with Gasteiger partial charge >= 0.3 is 0 Å². The summed E-state index contributed by atoms with van der Waals surface area (Å²) in [7, 11) is 0. The smallest absolute Gasteiger partial charge is 0.293 e. The summed E-state index contributed by atoms with van der Waals surface area (Å²) >= 11 is 0. The molecule has 1 aliphatic carbocycles. The lowest BCUT2D eigenvalue weighted by atomic mass is 10.1. The first-order valence-electron chi connectivity index (χ1n) is 7.65. The third-order valence-corrected chi connectivity index (χ3v) is 3.41. The van der Waals surface area contributed by atoms with Gasteiger partial charge in [0.25, 0.3) is 11.6 Å². The Kier molecular flexibility index (Phi) is 7.77. The summed E-state index contributed by atoms with van der Waals surface area (Å²) in [5.41, 5.74) is 0.737. The molecular weight excluding hydrogens is 320 g/mol. The van der Waals surface area contributed by atoms with Crippen LogP contribution in [0.3, 0.4) is 0 Å². The first-order chi connectivity index (χ1) is 10.6. The molecule has 1 aromatic rings. The summed E-state index contributed by atoms with van der Waals surface area (Å²) in [4.78, 5) is 22.7. The SMILES string of the molecule is CCCNCCNC(=O)c1ccc(NC2CC2)c([N+](=O)[O-])c1.Cl. The van der Waals surface area contributed by atoms with Crippen molar-refractivity contribution in [3.63, 3.8) is 0 Å². The molecule has 0 bridgehead atoms. The molecule has 0 radical (unpaired) electrons. The molecule has 128 valence electrons. The van der Waals surface area contributed by atoms with Gasteiger partial charge in [-0.05, 0) is 37.9 Å². The van der Waals surface area contributed by atoms with Crippen LogP contribution in [0.15, 0.2) is 18.2 Å². The highest BCUT2D eigenvalue weighted by Crippen LogP contribution is 2.31. The normalized spacial score (nSPS) is 13.1. The minimum Gasteiger partial charge on any atom is -0.377 e. The van der Waals surface area contributed by atoms with E-state index in [0.29, 0.717) is 30.4 Å². The third kappa shape index (κ3) is 6.03. The number of carbonyl (C=O) groups excluding carboxylic acids is 1. The first kappa shape index (κ1) is 19.2. The van der Waals surface area contributed by atoms with Crippen molar-refractivity contribution in [3.05, 3.63) is 33.9 Å². The lowest BCUT2D eigenvalue weighted by Gasteiger charge is -2.09. The Hall–Kier alpha value is -1.86. The molecule has 0 aliphatic heterocycles. The van der Waals surface area contributed by atoms with E-state index < -0.39 is 4.92 Å². The van der Waals surface area contributed by atoms with E-state index >= 15 is 0 Å². The van der Waals surface area contributed by atoms with Gasteiger partial charge in [-0.2, -0.15) is 0 Å². The number of carbonyl (C=O) groups is 1. The number of nitrogens with one attached hydrogen (secondary N) is 3. The monoisotopic (exact) mass is 342 g/mol. The lowest BCUT2D eigenvalue weighted by Crippen LogP contribution is -2.32. The van der Waals surface area contributed by atoms with Gasteiger partial charge in [0.1, 0.15) is 5.69 Å². The fourth-order valence-electron chi connectivity index (χ4n) is 2.06. The Morgan fingerprint density at radius 1 is 1.30 bits per heavy atom. The van der Waals surface area contributed by atoms with E-state index in [1.54, 1.807) is 12.1 Å². The molecule has 1 saturated carbocycles. The number of rotatable bonds is 9. The summed E-state index contributed by atoms with van der Waals surface area (Å²) in [5, 5.41) is 20.2. The van der Waals surface area contributed by atoms with Crippen molar-refractivity contribution in [1.82, 2.24) is 10.6 Å². The zero-order valence-electron chi connectivity index (χ0n) is 13.1. The summed E-state index contributed by atoms with van der Waals surface area (Å²) in [6.07, 6.45) is 3.10. The van der Waals surface area contributed by atoms with Crippen molar-refractivity contribution in [3.8, 4) is 0 Å². The summed E-state index contributed by atoms with van der Waals surface area (Å²) < 4.78 is 0. The largest absolute Gasteiger partial charge is 0.377 e. The van der Waals surface area contributed by atoms with Gasteiger partial charge in [0.05, 0.1) is 4.92 Å². The molecule has 0 atom stereocenters. The molecule has 0 heterocycles. The van der Waals surface area contributed by atoms with Crippen LogP contribution in [0, 0.1) is 10.1 Å². The van der Waals surface area contributed by atoms with Crippen LogP contribution in [0.4, 0.5) is 11.4 Å². The van der Waals surface area contributed by atoms with Gasteiger partial charge in [0.2, 0.25) is 0 Å². The van der Waals surface area contributed by atoms with E-state index in [9.17, 15) is 14.9 Å². The molecular formula is C15H23ClN4O3. The molecule has 0 aromatic heterocycles. The Labute approximate surface area is 141 Å². The second-order valence-electron chi connectivity index (χ2n) is 5.41. The molecule has 3 N–H and O–H groups in total. The molecule has 7 nitrogen and oxygen atoms in total. The van der Waals surface area contributed by atoms with E-state index in [0.717, 1.165) is 25.8 Å². The number of anilines is 1. The molecule has 0 spiro atoms. The van der Waals surface area contributed by atoms with Crippen LogP contribution in [0.25, 0.3) is 0 Å². The number of hydrogen-bond donors (Lipinski definition) is 3. The van der Waals surface area contributed by atoms with Crippen molar-refractivity contribution in [2.45, 2.75) is 32.2 Å². The maximum atomic E-state index is 12.0. The fourth-order valence-corrected chi connectivity index (χ4v) is 2.06. The van der Waals surface area contributed by atoms with E-state index in [1.807, 2.05) is 0 Å². The lowest BCUT2D eigenvalue weighted by molar-refractivity contribution is -0.384. The first-order valence-corrected chi connectivity index (χ1v) is 7.65. The molecule has 1 aromatic carbocycles. The zero-order valence-corrected chi connectivity index (χ0v) is 13.9. The predicted molar refractivity (Wildman–Crippen MR) is 92.5 cm³/mol. The van der Waals surface area contributed by atoms with Crippen LogP contribution in [0.1, 0.15) is 36.5 Å². The molecule has 1 fully saturated rings. The van der Waals surface area contributed by atoms with Crippen LogP contribution in [-0.2, 0) is 0 Å². The zero-order chi connectivity index (χ0) is 15.9. The minimum absolute atomic E-state index is 0. The van der Waals surface area contributed by atoms with Crippen LogP contribution in [0.5, 0.6) is 0 Å². The van der Waals surface area contributed by atoms with Crippen molar-refractivity contribution < 1.29 is 9.72 Å². The highest BCUT2D eigenvalue weighted by atomic mass is 35.5. The highest BCUT2D eigenvalue weighted by Gasteiger charge is 2.25. The van der Waals surface area contributed by atoms with Gasteiger partial charge in [-0.25, -0.2) is 0 Å². The molecule has 1 aliphatic rings. The molecule has 1 amide bonds. The Bertz CT molecular complexity index is 550. The van der Waals surface area contributed by atoms with Crippen molar-refractivity contribution in [2.24, 2.45) is 0 Å². The number of hydrogen-bond acceptors (Lipinski definition) is 5.